The molecule has 2 aromatic carbocycles. The van der Waals surface area contributed by atoms with Crippen LogP contribution in [-0.2, 0) is 23.6 Å². The Labute approximate surface area is 195 Å². The molecule has 4 rings (SSSR count). The number of nitrogens with zero attached hydrogens (tertiary/aromatic N) is 3. The molecule has 4 aromatic rings. The molecule has 0 fully saturated rings. The van der Waals surface area contributed by atoms with Crippen LogP contribution in [0.15, 0.2) is 76.8 Å². The molecule has 0 atom stereocenters. The fourth-order valence-electron chi connectivity index (χ4n) is 3.13. The molecule has 0 saturated carbocycles. The Hall–Kier alpha value is -2.87. The number of hydrogen-bond acceptors (Lipinski definition) is 6. The van der Waals surface area contributed by atoms with Gasteiger partial charge in [-0.3, -0.25) is 14.3 Å². The molecule has 0 spiro atoms. The summed E-state index contributed by atoms with van der Waals surface area (Å²) in [5, 5.41) is 1.73. The van der Waals surface area contributed by atoms with Gasteiger partial charge in [-0.1, -0.05) is 41.6 Å². The standard InChI is InChI=1S/C24H22ClN3O3S/c1-30-13-12-28-23(29)21-10-7-18(25)14-22(21)27-24(28)32-16-17-5-8-20(9-6-17)31-15-19-4-2-3-11-26-19/h2-11,14H,12-13,15-16H2,1H3. The Morgan fingerprint density at radius 2 is 1.94 bits per heavy atom. The van der Waals surface area contributed by atoms with Crippen LogP contribution in [-0.4, -0.2) is 28.3 Å². The smallest absolute Gasteiger partial charge is 0.262 e. The van der Waals surface area contributed by atoms with Crippen LogP contribution in [0, 0.1) is 0 Å². The summed E-state index contributed by atoms with van der Waals surface area (Å²) < 4.78 is 12.6. The van der Waals surface area contributed by atoms with Crippen molar-refractivity contribution in [1.82, 2.24) is 14.5 Å². The molecule has 0 radical (unpaired) electrons. The van der Waals surface area contributed by atoms with E-state index in [-0.39, 0.29) is 5.56 Å². The number of hydrogen-bond donors (Lipinski definition) is 0. The van der Waals surface area contributed by atoms with Crippen LogP contribution in [0.4, 0.5) is 0 Å². The fraction of sp³-hybridized carbons (Fsp3) is 0.208. The summed E-state index contributed by atoms with van der Waals surface area (Å²) in [6.45, 7) is 1.28. The third-order valence-electron chi connectivity index (χ3n) is 4.81. The Morgan fingerprint density at radius 3 is 2.69 bits per heavy atom. The van der Waals surface area contributed by atoms with Crippen LogP contribution in [0.1, 0.15) is 11.3 Å². The molecule has 2 aromatic heterocycles. The van der Waals surface area contributed by atoms with E-state index in [2.05, 4.69) is 4.98 Å². The van der Waals surface area contributed by atoms with E-state index in [1.165, 1.54) is 11.8 Å². The van der Waals surface area contributed by atoms with Gasteiger partial charge in [0.1, 0.15) is 12.4 Å². The predicted molar refractivity (Wildman–Crippen MR) is 127 cm³/mol. The van der Waals surface area contributed by atoms with Gasteiger partial charge < -0.3 is 9.47 Å². The van der Waals surface area contributed by atoms with Crippen molar-refractivity contribution < 1.29 is 9.47 Å². The maximum absolute atomic E-state index is 13.0. The number of fused-ring (bicyclic) bond motifs is 1. The molecule has 164 valence electrons. The highest BCUT2D eigenvalue weighted by molar-refractivity contribution is 7.98. The average Bonchev–Trinajstić information content (AvgIpc) is 2.82. The van der Waals surface area contributed by atoms with E-state index < -0.39 is 0 Å². The number of halogens is 1. The molecular formula is C24H22ClN3O3S. The van der Waals surface area contributed by atoms with Gasteiger partial charge in [0.25, 0.3) is 5.56 Å². The van der Waals surface area contributed by atoms with Crippen LogP contribution in [0.5, 0.6) is 5.75 Å². The van der Waals surface area contributed by atoms with Crippen molar-refractivity contribution in [3.8, 4) is 5.75 Å². The van der Waals surface area contributed by atoms with Crippen LogP contribution < -0.4 is 10.3 Å². The van der Waals surface area contributed by atoms with Crippen molar-refractivity contribution in [3.05, 3.63) is 93.5 Å². The second kappa shape index (κ2) is 10.6. The minimum absolute atomic E-state index is 0.0931. The van der Waals surface area contributed by atoms with Gasteiger partial charge in [-0.25, -0.2) is 4.98 Å². The minimum atomic E-state index is -0.0931. The summed E-state index contributed by atoms with van der Waals surface area (Å²) in [5.41, 5.74) is 2.48. The zero-order valence-corrected chi connectivity index (χ0v) is 19.1. The lowest BCUT2D eigenvalue weighted by Gasteiger charge is -2.13. The van der Waals surface area contributed by atoms with Crippen LogP contribution in [0.3, 0.4) is 0 Å². The van der Waals surface area contributed by atoms with Gasteiger partial charge in [-0.05, 0) is 48.0 Å². The van der Waals surface area contributed by atoms with Crippen molar-refractivity contribution in [2.24, 2.45) is 0 Å². The van der Waals surface area contributed by atoms with Crippen molar-refractivity contribution >= 4 is 34.3 Å². The summed E-state index contributed by atoms with van der Waals surface area (Å²) in [6, 6.07) is 18.8. The summed E-state index contributed by atoms with van der Waals surface area (Å²) in [4.78, 5) is 22.0. The number of pyridine rings is 1. The van der Waals surface area contributed by atoms with Crippen molar-refractivity contribution in [2.75, 3.05) is 13.7 Å². The monoisotopic (exact) mass is 467 g/mol. The number of rotatable bonds is 9. The quantitative estimate of drug-likeness (QED) is 0.256. The lowest BCUT2D eigenvalue weighted by Crippen LogP contribution is -2.25. The maximum atomic E-state index is 13.0. The molecule has 8 heteroatoms. The first-order chi connectivity index (χ1) is 15.6. The molecule has 0 amide bonds. The molecule has 6 nitrogen and oxygen atoms in total. The Bertz CT molecular complexity index is 1250. The zero-order valence-electron chi connectivity index (χ0n) is 17.5. The first kappa shape index (κ1) is 22.3. The van der Waals surface area contributed by atoms with Gasteiger partial charge in [0.15, 0.2) is 5.16 Å². The van der Waals surface area contributed by atoms with E-state index in [0.717, 1.165) is 17.0 Å². The topological polar surface area (TPSA) is 66.2 Å². The average molecular weight is 468 g/mol. The van der Waals surface area contributed by atoms with Crippen molar-refractivity contribution in [3.63, 3.8) is 0 Å². The Balaban J connectivity index is 1.48. The Kier molecular flexibility index (Phi) is 7.42. The molecular weight excluding hydrogens is 446 g/mol. The van der Waals surface area contributed by atoms with E-state index in [1.54, 1.807) is 36.1 Å². The van der Waals surface area contributed by atoms with Crippen molar-refractivity contribution in [1.29, 1.82) is 0 Å². The minimum Gasteiger partial charge on any atom is -0.487 e. The molecule has 32 heavy (non-hydrogen) atoms. The lowest BCUT2D eigenvalue weighted by molar-refractivity contribution is 0.183. The van der Waals surface area contributed by atoms with Gasteiger partial charge in [0.2, 0.25) is 0 Å². The van der Waals surface area contributed by atoms with E-state index in [9.17, 15) is 4.79 Å². The van der Waals surface area contributed by atoms with Gasteiger partial charge >= 0.3 is 0 Å². The molecule has 0 aliphatic rings. The largest absolute Gasteiger partial charge is 0.487 e. The van der Waals surface area contributed by atoms with E-state index >= 15 is 0 Å². The number of methoxy groups -OCH3 is 1. The second-order valence-electron chi connectivity index (χ2n) is 7.05. The SMILES string of the molecule is COCCn1c(SCc2ccc(OCc3ccccn3)cc2)nc2cc(Cl)ccc2c1=O. The summed E-state index contributed by atoms with van der Waals surface area (Å²) >= 11 is 7.61. The molecule has 0 bridgehead atoms. The fourth-order valence-corrected chi connectivity index (χ4v) is 4.28. The maximum Gasteiger partial charge on any atom is 0.262 e. The third kappa shape index (κ3) is 5.48. The molecule has 0 unspecified atom stereocenters. The number of benzene rings is 2. The van der Waals surface area contributed by atoms with E-state index in [0.29, 0.717) is 46.6 Å². The first-order valence-electron chi connectivity index (χ1n) is 10.1. The predicted octanol–water partition coefficient (Wildman–Crippen LogP) is 4.96. The van der Waals surface area contributed by atoms with Gasteiger partial charge in [0.05, 0.1) is 29.7 Å². The third-order valence-corrected chi connectivity index (χ3v) is 6.09. The molecule has 0 aliphatic heterocycles. The summed E-state index contributed by atoms with van der Waals surface area (Å²) in [5.74, 6) is 1.44. The lowest BCUT2D eigenvalue weighted by atomic mass is 10.2. The highest BCUT2D eigenvalue weighted by atomic mass is 35.5. The first-order valence-corrected chi connectivity index (χ1v) is 11.4. The second-order valence-corrected chi connectivity index (χ2v) is 8.43. The normalized spacial score (nSPS) is 11.1. The van der Waals surface area contributed by atoms with Crippen molar-refractivity contribution in [2.45, 2.75) is 24.1 Å². The highest BCUT2D eigenvalue weighted by Crippen LogP contribution is 2.25. The number of thioether (sulfide) groups is 1. The molecule has 0 N–H and O–H groups in total. The molecule has 2 heterocycles. The van der Waals surface area contributed by atoms with Crippen LogP contribution in [0.25, 0.3) is 10.9 Å². The van der Waals surface area contributed by atoms with E-state index in [1.807, 2.05) is 42.5 Å². The van der Waals surface area contributed by atoms with E-state index in [4.69, 9.17) is 26.1 Å². The van der Waals surface area contributed by atoms with Crippen LogP contribution in [0.2, 0.25) is 5.02 Å². The number of ether oxygens (including phenoxy) is 2. The molecule has 0 saturated heterocycles. The zero-order chi connectivity index (χ0) is 22.3. The van der Waals surface area contributed by atoms with Crippen LogP contribution >= 0.6 is 23.4 Å². The highest BCUT2D eigenvalue weighted by Gasteiger charge is 2.12. The van der Waals surface area contributed by atoms with Gasteiger partial charge in [0, 0.05) is 24.1 Å². The summed E-state index contributed by atoms with van der Waals surface area (Å²) in [6.07, 6.45) is 1.75. The van der Waals surface area contributed by atoms with Gasteiger partial charge in [-0.2, -0.15) is 0 Å². The Morgan fingerprint density at radius 1 is 1.09 bits per heavy atom. The molecule has 0 aliphatic carbocycles. The van der Waals surface area contributed by atoms with Gasteiger partial charge in [-0.15, -0.1) is 0 Å². The summed E-state index contributed by atoms with van der Waals surface area (Å²) in [7, 11) is 1.61. The number of aromatic nitrogens is 3.